The molecule has 0 amide bonds. The van der Waals surface area contributed by atoms with Crippen LogP contribution in [0.15, 0.2) is 18.2 Å². The fourth-order valence-electron chi connectivity index (χ4n) is 1.72. The van der Waals surface area contributed by atoms with Gasteiger partial charge in [-0.15, -0.1) is 0 Å². The van der Waals surface area contributed by atoms with Crippen LogP contribution in [-0.2, 0) is 0 Å². The molecule has 0 bridgehead atoms. The van der Waals surface area contributed by atoms with Gasteiger partial charge in [0.15, 0.2) is 0 Å². The van der Waals surface area contributed by atoms with Crippen LogP contribution in [-0.4, -0.2) is 19.1 Å². The zero-order valence-corrected chi connectivity index (χ0v) is 10.2. The molecular weight excluding hydrogens is 224 g/mol. The van der Waals surface area contributed by atoms with E-state index in [-0.39, 0.29) is 0 Å². The summed E-state index contributed by atoms with van der Waals surface area (Å²) in [5, 5.41) is 4.65. The lowest BCUT2D eigenvalue weighted by Crippen LogP contribution is -1.97. The van der Waals surface area contributed by atoms with Gasteiger partial charge >= 0.3 is 0 Å². The summed E-state index contributed by atoms with van der Waals surface area (Å²) >= 11 is 6.14. The third-order valence-electron chi connectivity index (χ3n) is 2.54. The van der Waals surface area contributed by atoms with Crippen molar-refractivity contribution in [1.29, 1.82) is 0 Å². The molecule has 0 spiro atoms. The molecule has 0 saturated carbocycles. The Morgan fingerprint density at radius 1 is 1.38 bits per heavy atom. The van der Waals surface area contributed by atoms with Crippen LogP contribution in [0.2, 0.25) is 5.02 Å². The molecule has 1 N–H and O–H groups in total. The highest BCUT2D eigenvalue weighted by Gasteiger charge is 2.09. The molecule has 1 aromatic heterocycles. The van der Waals surface area contributed by atoms with Crippen molar-refractivity contribution in [2.75, 3.05) is 19.5 Å². The molecule has 0 saturated heterocycles. The number of pyridine rings is 1. The summed E-state index contributed by atoms with van der Waals surface area (Å²) < 4.78 is 5.27. The monoisotopic (exact) mass is 236 g/mol. The number of benzene rings is 1. The zero-order chi connectivity index (χ0) is 11.7. The van der Waals surface area contributed by atoms with Gasteiger partial charge in [0.1, 0.15) is 17.1 Å². The summed E-state index contributed by atoms with van der Waals surface area (Å²) in [7, 11) is 3.47. The number of hydrogen-bond donors (Lipinski definition) is 1. The van der Waals surface area contributed by atoms with Gasteiger partial charge < -0.3 is 10.1 Å². The van der Waals surface area contributed by atoms with E-state index in [0.717, 1.165) is 28.0 Å². The lowest BCUT2D eigenvalue weighted by atomic mass is 10.1. The first-order valence-corrected chi connectivity index (χ1v) is 5.36. The number of aromatic nitrogens is 1. The molecule has 4 heteroatoms. The average Bonchev–Trinajstić information content (AvgIpc) is 2.30. The van der Waals surface area contributed by atoms with Gasteiger partial charge in [-0.05, 0) is 30.7 Å². The van der Waals surface area contributed by atoms with E-state index in [0.29, 0.717) is 5.02 Å². The van der Waals surface area contributed by atoms with Crippen molar-refractivity contribution in [2.24, 2.45) is 0 Å². The van der Waals surface area contributed by atoms with Crippen LogP contribution in [0, 0.1) is 6.92 Å². The van der Waals surface area contributed by atoms with Crippen LogP contribution >= 0.6 is 11.6 Å². The third kappa shape index (κ3) is 1.67. The molecule has 0 radical (unpaired) electrons. The smallest absolute Gasteiger partial charge is 0.145 e. The predicted molar refractivity (Wildman–Crippen MR) is 67.6 cm³/mol. The van der Waals surface area contributed by atoms with Gasteiger partial charge in [0.25, 0.3) is 0 Å². The number of methoxy groups -OCH3 is 1. The van der Waals surface area contributed by atoms with Crippen molar-refractivity contribution < 1.29 is 4.74 Å². The van der Waals surface area contributed by atoms with Gasteiger partial charge in [-0.3, -0.25) is 0 Å². The van der Waals surface area contributed by atoms with Gasteiger partial charge in [0.05, 0.1) is 12.1 Å². The molecule has 1 heterocycles. The molecular formula is C12H13ClN2O. The molecule has 3 nitrogen and oxygen atoms in total. The van der Waals surface area contributed by atoms with Gasteiger partial charge in [-0.2, -0.15) is 0 Å². The Morgan fingerprint density at radius 2 is 2.12 bits per heavy atom. The number of halogens is 1. The highest BCUT2D eigenvalue weighted by Crippen LogP contribution is 2.32. The lowest BCUT2D eigenvalue weighted by Gasteiger charge is -2.10. The Bertz CT molecular complexity index is 540. The van der Waals surface area contributed by atoms with E-state index in [4.69, 9.17) is 16.3 Å². The molecule has 2 rings (SSSR count). The molecule has 16 heavy (non-hydrogen) atoms. The maximum atomic E-state index is 6.14. The fraction of sp³-hybridized carbons (Fsp3) is 0.250. The van der Waals surface area contributed by atoms with Gasteiger partial charge in [-0.1, -0.05) is 11.6 Å². The van der Waals surface area contributed by atoms with Crippen LogP contribution in [0.25, 0.3) is 10.9 Å². The Morgan fingerprint density at radius 3 is 2.75 bits per heavy atom. The predicted octanol–water partition coefficient (Wildman–Crippen LogP) is 3.25. The second-order valence-electron chi connectivity index (χ2n) is 3.55. The number of ether oxygens (including phenoxy) is 1. The summed E-state index contributed by atoms with van der Waals surface area (Å²) in [6, 6.07) is 5.66. The molecule has 84 valence electrons. The van der Waals surface area contributed by atoms with E-state index in [2.05, 4.69) is 10.3 Å². The zero-order valence-electron chi connectivity index (χ0n) is 9.47. The first-order valence-electron chi connectivity index (χ1n) is 4.99. The summed E-state index contributed by atoms with van der Waals surface area (Å²) in [6.07, 6.45) is 0. The minimum atomic E-state index is 0.689. The Hall–Kier alpha value is -1.48. The molecule has 0 unspecified atom stereocenters. The largest absolute Gasteiger partial charge is 0.494 e. The third-order valence-corrected chi connectivity index (χ3v) is 2.87. The minimum Gasteiger partial charge on any atom is -0.494 e. The van der Waals surface area contributed by atoms with Crippen molar-refractivity contribution in [2.45, 2.75) is 6.92 Å². The summed E-state index contributed by atoms with van der Waals surface area (Å²) in [4.78, 5) is 4.50. The van der Waals surface area contributed by atoms with E-state index < -0.39 is 0 Å². The number of aryl methyl sites for hydroxylation is 1. The lowest BCUT2D eigenvalue weighted by molar-refractivity contribution is 0.419. The Kier molecular flexibility index (Phi) is 2.88. The first-order chi connectivity index (χ1) is 7.67. The molecule has 2 aromatic rings. The normalized spacial score (nSPS) is 10.5. The maximum absolute atomic E-state index is 6.14. The SMILES string of the molecule is CNc1nc2c(OC)ccc(Cl)c2cc1C. The fourth-order valence-corrected chi connectivity index (χ4v) is 1.93. The summed E-state index contributed by atoms with van der Waals surface area (Å²) in [6.45, 7) is 1.99. The molecule has 0 aliphatic rings. The Balaban J connectivity index is 2.83. The first kappa shape index (κ1) is 11.0. The second-order valence-corrected chi connectivity index (χ2v) is 3.96. The summed E-state index contributed by atoms with van der Waals surface area (Å²) in [5.41, 5.74) is 1.84. The van der Waals surface area contributed by atoms with Gasteiger partial charge in [0, 0.05) is 12.4 Å². The molecule has 0 aliphatic heterocycles. The average molecular weight is 237 g/mol. The van der Waals surface area contributed by atoms with E-state index in [1.54, 1.807) is 7.11 Å². The van der Waals surface area contributed by atoms with Gasteiger partial charge in [0.2, 0.25) is 0 Å². The van der Waals surface area contributed by atoms with E-state index in [9.17, 15) is 0 Å². The van der Waals surface area contributed by atoms with E-state index in [1.807, 2.05) is 32.2 Å². The molecule has 1 aromatic carbocycles. The van der Waals surface area contributed by atoms with Crippen LogP contribution < -0.4 is 10.1 Å². The second kappa shape index (κ2) is 4.18. The standard InChI is InChI=1S/C12H13ClN2O/c1-7-6-8-9(13)4-5-10(16-3)11(8)15-12(7)14-2/h4-6H,1-3H3,(H,14,15). The highest BCUT2D eigenvalue weighted by atomic mass is 35.5. The van der Waals surface area contributed by atoms with Gasteiger partial charge in [-0.25, -0.2) is 4.98 Å². The van der Waals surface area contributed by atoms with Crippen LogP contribution in [0.1, 0.15) is 5.56 Å². The van der Waals surface area contributed by atoms with Crippen molar-refractivity contribution in [1.82, 2.24) is 4.98 Å². The highest BCUT2D eigenvalue weighted by molar-refractivity contribution is 6.35. The van der Waals surface area contributed by atoms with Crippen molar-refractivity contribution in [3.63, 3.8) is 0 Å². The topological polar surface area (TPSA) is 34.2 Å². The van der Waals surface area contributed by atoms with Crippen molar-refractivity contribution >= 4 is 28.3 Å². The number of hydrogen-bond acceptors (Lipinski definition) is 3. The van der Waals surface area contributed by atoms with E-state index in [1.165, 1.54) is 0 Å². The number of nitrogens with one attached hydrogen (secondary N) is 1. The number of anilines is 1. The molecule has 0 fully saturated rings. The molecule has 0 atom stereocenters. The summed E-state index contributed by atoms with van der Waals surface area (Å²) in [5.74, 6) is 1.57. The number of fused-ring (bicyclic) bond motifs is 1. The minimum absolute atomic E-state index is 0.689. The van der Waals surface area contributed by atoms with E-state index >= 15 is 0 Å². The maximum Gasteiger partial charge on any atom is 0.145 e. The van der Waals surface area contributed by atoms with Crippen LogP contribution in [0.3, 0.4) is 0 Å². The number of rotatable bonds is 2. The van der Waals surface area contributed by atoms with Crippen LogP contribution in [0.4, 0.5) is 5.82 Å². The van der Waals surface area contributed by atoms with Crippen molar-refractivity contribution in [3.05, 3.63) is 28.8 Å². The number of nitrogens with zero attached hydrogens (tertiary/aromatic N) is 1. The Labute approximate surface area is 99.4 Å². The van der Waals surface area contributed by atoms with Crippen molar-refractivity contribution in [3.8, 4) is 5.75 Å². The quantitative estimate of drug-likeness (QED) is 0.869. The van der Waals surface area contributed by atoms with Crippen LogP contribution in [0.5, 0.6) is 5.75 Å². The molecule has 0 aliphatic carbocycles.